The molecule has 0 aliphatic rings. The van der Waals surface area contributed by atoms with Crippen molar-refractivity contribution in [2.75, 3.05) is 0 Å². The summed E-state index contributed by atoms with van der Waals surface area (Å²) in [7, 11) is 0. The summed E-state index contributed by atoms with van der Waals surface area (Å²) >= 11 is 0. The van der Waals surface area contributed by atoms with Gasteiger partial charge in [-0.15, -0.1) is 0 Å². The molecule has 0 saturated carbocycles. The highest BCUT2D eigenvalue weighted by molar-refractivity contribution is 5.89. The molecule has 0 unspecified atom stereocenters. The predicted molar refractivity (Wildman–Crippen MR) is 64.4 cm³/mol. The van der Waals surface area contributed by atoms with Gasteiger partial charge in [-0.3, -0.25) is 0 Å². The Morgan fingerprint density at radius 2 is 2.14 bits per heavy atom. The number of halogens is 3. The Morgan fingerprint density at radius 1 is 1.43 bits per heavy atom. The summed E-state index contributed by atoms with van der Waals surface area (Å²) in [4.78, 5) is 14.7. The van der Waals surface area contributed by atoms with Crippen LogP contribution in [-0.2, 0) is 12.7 Å². The molecular weight excluding hydrogens is 287 g/mol. The van der Waals surface area contributed by atoms with Crippen LogP contribution in [0.15, 0.2) is 30.7 Å². The van der Waals surface area contributed by atoms with Gasteiger partial charge in [0.2, 0.25) is 0 Å². The van der Waals surface area contributed by atoms with Crippen LogP contribution in [0, 0.1) is 11.3 Å². The quantitative estimate of drug-likeness (QED) is 0.943. The van der Waals surface area contributed by atoms with Crippen LogP contribution in [0.2, 0.25) is 0 Å². The van der Waals surface area contributed by atoms with Crippen molar-refractivity contribution < 1.29 is 23.1 Å². The average Bonchev–Trinajstić information content (AvgIpc) is 2.83. The molecule has 2 heterocycles. The molecule has 0 radical (unpaired) electrons. The summed E-state index contributed by atoms with van der Waals surface area (Å²) in [5, 5.41) is 17.7. The molecule has 8 heteroatoms. The number of pyridine rings is 1. The van der Waals surface area contributed by atoms with Crippen molar-refractivity contribution in [3.05, 3.63) is 53.1 Å². The molecule has 0 atom stereocenters. The fraction of sp³-hybridized carbons (Fsp3) is 0.154. The van der Waals surface area contributed by atoms with Gasteiger partial charge in [-0.2, -0.15) is 18.4 Å². The molecule has 5 nitrogen and oxygen atoms in total. The molecule has 0 aliphatic carbocycles. The Hall–Kier alpha value is -2.82. The number of alkyl halides is 3. The number of nitrogens with zero attached hydrogens (tertiary/aromatic N) is 3. The van der Waals surface area contributed by atoms with E-state index in [0.717, 1.165) is 10.8 Å². The first-order valence-corrected chi connectivity index (χ1v) is 5.67. The van der Waals surface area contributed by atoms with Gasteiger partial charge in [0.25, 0.3) is 0 Å². The van der Waals surface area contributed by atoms with Crippen molar-refractivity contribution in [2.24, 2.45) is 0 Å². The first kappa shape index (κ1) is 14.6. The van der Waals surface area contributed by atoms with Crippen LogP contribution in [-0.4, -0.2) is 20.6 Å². The van der Waals surface area contributed by atoms with Gasteiger partial charge in [0.05, 0.1) is 11.1 Å². The van der Waals surface area contributed by atoms with E-state index in [2.05, 4.69) is 4.98 Å². The molecule has 0 saturated heterocycles. The molecule has 108 valence electrons. The first-order chi connectivity index (χ1) is 9.82. The maximum absolute atomic E-state index is 12.8. The second-order valence-corrected chi connectivity index (χ2v) is 4.18. The van der Waals surface area contributed by atoms with Crippen molar-refractivity contribution in [1.82, 2.24) is 9.55 Å². The van der Waals surface area contributed by atoms with Crippen LogP contribution in [0.1, 0.15) is 27.2 Å². The second-order valence-electron chi connectivity index (χ2n) is 4.18. The molecule has 0 spiro atoms. The lowest BCUT2D eigenvalue weighted by molar-refractivity contribution is -0.138. The predicted octanol–water partition coefficient (Wildman–Crippen LogP) is 2.52. The van der Waals surface area contributed by atoms with E-state index in [-0.39, 0.29) is 12.2 Å². The fourth-order valence-corrected chi connectivity index (χ4v) is 1.86. The van der Waals surface area contributed by atoms with E-state index in [4.69, 9.17) is 10.4 Å². The number of carbonyl (C=O) groups is 1. The minimum Gasteiger partial charge on any atom is -0.478 e. The summed E-state index contributed by atoms with van der Waals surface area (Å²) < 4.78 is 39.4. The molecule has 0 bridgehead atoms. The number of rotatable bonds is 3. The number of carboxylic acid groups (broad SMARTS) is 1. The van der Waals surface area contributed by atoms with Gasteiger partial charge < -0.3 is 9.67 Å². The highest BCUT2D eigenvalue weighted by Gasteiger charge is 2.37. The van der Waals surface area contributed by atoms with E-state index in [9.17, 15) is 18.0 Å². The highest BCUT2D eigenvalue weighted by atomic mass is 19.4. The molecule has 0 amide bonds. The minimum absolute atomic E-state index is 0.0763. The monoisotopic (exact) mass is 295 g/mol. The molecule has 0 aliphatic heterocycles. The molecule has 0 fully saturated rings. The maximum Gasteiger partial charge on any atom is 0.418 e. The number of hydrogen-bond donors (Lipinski definition) is 1. The van der Waals surface area contributed by atoms with Crippen molar-refractivity contribution in [3.8, 4) is 6.07 Å². The summed E-state index contributed by atoms with van der Waals surface area (Å²) in [6, 6.07) is 4.91. The third-order valence-corrected chi connectivity index (χ3v) is 2.77. The number of nitriles is 1. The van der Waals surface area contributed by atoms with Crippen molar-refractivity contribution >= 4 is 5.97 Å². The Balaban J connectivity index is 2.43. The Morgan fingerprint density at radius 3 is 2.67 bits per heavy atom. The molecular formula is C13H8F3N3O2. The lowest BCUT2D eigenvalue weighted by Crippen LogP contribution is -2.09. The standard InChI is InChI=1S/C13H8F3N3O2/c14-13(15,16)10-7-19(6-9(10)12(20)21)5-8-2-1-3-18-11(8)4-17/h1-3,6-7H,5H2,(H,20,21). The van der Waals surface area contributed by atoms with E-state index in [0.29, 0.717) is 11.8 Å². The van der Waals surface area contributed by atoms with Crippen LogP contribution < -0.4 is 0 Å². The number of carboxylic acids is 1. The van der Waals surface area contributed by atoms with Gasteiger partial charge in [0, 0.05) is 30.7 Å². The van der Waals surface area contributed by atoms with E-state index >= 15 is 0 Å². The van der Waals surface area contributed by atoms with Crippen molar-refractivity contribution in [2.45, 2.75) is 12.7 Å². The van der Waals surface area contributed by atoms with E-state index in [1.165, 1.54) is 6.20 Å². The topological polar surface area (TPSA) is 78.9 Å². The molecule has 2 aromatic heterocycles. The zero-order valence-electron chi connectivity index (χ0n) is 10.4. The van der Waals surface area contributed by atoms with Crippen molar-refractivity contribution in [3.63, 3.8) is 0 Å². The van der Waals surface area contributed by atoms with E-state index < -0.39 is 23.3 Å². The average molecular weight is 295 g/mol. The van der Waals surface area contributed by atoms with E-state index in [1.807, 2.05) is 6.07 Å². The van der Waals surface area contributed by atoms with Gasteiger partial charge in [-0.25, -0.2) is 9.78 Å². The van der Waals surface area contributed by atoms with Crippen LogP contribution in [0.3, 0.4) is 0 Å². The zero-order chi connectivity index (χ0) is 15.6. The minimum atomic E-state index is -4.76. The largest absolute Gasteiger partial charge is 0.478 e. The summed E-state index contributed by atoms with van der Waals surface area (Å²) in [6.45, 7) is -0.0763. The molecule has 1 N–H and O–H groups in total. The van der Waals surface area contributed by atoms with Crippen LogP contribution in [0.5, 0.6) is 0 Å². The molecule has 21 heavy (non-hydrogen) atoms. The molecule has 2 aromatic rings. The van der Waals surface area contributed by atoms with Gasteiger partial charge in [0.15, 0.2) is 0 Å². The first-order valence-electron chi connectivity index (χ1n) is 5.67. The Labute approximate surface area is 116 Å². The Kier molecular flexibility index (Phi) is 3.67. The fourth-order valence-electron chi connectivity index (χ4n) is 1.86. The van der Waals surface area contributed by atoms with Crippen LogP contribution in [0.4, 0.5) is 13.2 Å². The van der Waals surface area contributed by atoms with Gasteiger partial charge >= 0.3 is 12.1 Å². The lowest BCUT2D eigenvalue weighted by Gasteiger charge is -2.05. The van der Waals surface area contributed by atoms with Gasteiger partial charge in [-0.1, -0.05) is 6.07 Å². The highest BCUT2D eigenvalue weighted by Crippen LogP contribution is 2.32. The molecule has 0 aromatic carbocycles. The lowest BCUT2D eigenvalue weighted by atomic mass is 10.2. The SMILES string of the molecule is N#Cc1ncccc1Cn1cc(C(=O)O)c(C(F)(F)F)c1. The van der Waals surface area contributed by atoms with Crippen molar-refractivity contribution in [1.29, 1.82) is 5.26 Å². The summed E-state index contributed by atoms with van der Waals surface area (Å²) in [5.74, 6) is -1.66. The van der Waals surface area contributed by atoms with Crippen LogP contribution in [0.25, 0.3) is 0 Å². The van der Waals surface area contributed by atoms with E-state index in [1.54, 1.807) is 12.1 Å². The number of aromatic carboxylic acids is 1. The number of hydrogen-bond acceptors (Lipinski definition) is 3. The third kappa shape index (κ3) is 3.02. The summed E-state index contributed by atoms with van der Waals surface area (Å²) in [6.07, 6.45) is -1.77. The van der Waals surface area contributed by atoms with Gasteiger partial charge in [-0.05, 0) is 6.07 Å². The van der Waals surface area contributed by atoms with Crippen LogP contribution >= 0.6 is 0 Å². The number of aromatic nitrogens is 2. The smallest absolute Gasteiger partial charge is 0.418 e. The second kappa shape index (κ2) is 5.28. The third-order valence-electron chi connectivity index (χ3n) is 2.77. The van der Waals surface area contributed by atoms with Gasteiger partial charge in [0.1, 0.15) is 11.8 Å². The summed E-state index contributed by atoms with van der Waals surface area (Å²) in [5.41, 5.74) is -1.57. The maximum atomic E-state index is 12.8. The Bertz CT molecular complexity index is 729. The normalized spacial score (nSPS) is 11.1. The molecule has 2 rings (SSSR count). The zero-order valence-corrected chi connectivity index (χ0v) is 10.4.